The molecule has 0 saturated carbocycles. The Kier molecular flexibility index (Phi) is 5.21. The topological polar surface area (TPSA) is 29.0 Å². The summed E-state index contributed by atoms with van der Waals surface area (Å²) in [6, 6.07) is 31.1. The number of nitrogens with zero attached hydrogens (tertiary/aromatic N) is 3. The summed E-state index contributed by atoms with van der Waals surface area (Å²) in [5.74, 6) is 0.738. The third kappa shape index (κ3) is 4.39. The maximum Gasteiger partial charge on any atom is 0.225 e. The van der Waals surface area contributed by atoms with Gasteiger partial charge in [0.05, 0.1) is 0 Å². The van der Waals surface area contributed by atoms with E-state index in [2.05, 4.69) is 75.5 Å². The predicted octanol–water partition coefficient (Wildman–Crippen LogP) is 5.35. The molecule has 0 aliphatic rings. The van der Waals surface area contributed by atoms with E-state index in [1.165, 1.54) is 11.1 Å². The standard InChI is InChI=1S/C24H21N3/c1-4-10-20(11-5-1)18-27(19-21-12-6-2-7-13-21)24-25-16-23(17-26-24)22-14-8-3-9-15-22/h1-17H,18-19H2. The molecule has 0 bridgehead atoms. The van der Waals surface area contributed by atoms with Gasteiger partial charge in [-0.3, -0.25) is 0 Å². The van der Waals surface area contributed by atoms with E-state index in [1.54, 1.807) is 0 Å². The number of hydrogen-bond donors (Lipinski definition) is 0. The van der Waals surface area contributed by atoms with Gasteiger partial charge in [-0.2, -0.15) is 0 Å². The van der Waals surface area contributed by atoms with E-state index in [-0.39, 0.29) is 0 Å². The third-order valence-electron chi connectivity index (χ3n) is 4.46. The smallest absolute Gasteiger partial charge is 0.225 e. The zero-order valence-corrected chi connectivity index (χ0v) is 15.1. The first-order chi connectivity index (χ1) is 13.4. The van der Waals surface area contributed by atoms with Crippen LogP contribution in [-0.2, 0) is 13.1 Å². The maximum atomic E-state index is 4.66. The average Bonchev–Trinajstić information content (AvgIpc) is 2.76. The average molecular weight is 351 g/mol. The van der Waals surface area contributed by atoms with Crippen LogP contribution in [0.15, 0.2) is 103 Å². The second-order valence-corrected chi connectivity index (χ2v) is 6.47. The fraction of sp³-hybridized carbons (Fsp3) is 0.0833. The van der Waals surface area contributed by atoms with Gasteiger partial charge < -0.3 is 4.90 Å². The molecule has 1 heterocycles. The van der Waals surface area contributed by atoms with Gasteiger partial charge in [0.1, 0.15) is 0 Å². The Morgan fingerprint density at radius 3 is 1.44 bits per heavy atom. The van der Waals surface area contributed by atoms with Crippen molar-refractivity contribution in [2.45, 2.75) is 13.1 Å². The lowest BCUT2D eigenvalue weighted by Crippen LogP contribution is -2.24. The second kappa shape index (κ2) is 8.28. The molecule has 0 amide bonds. The van der Waals surface area contributed by atoms with Gasteiger partial charge in [-0.05, 0) is 16.7 Å². The molecule has 1 aromatic heterocycles. The quantitative estimate of drug-likeness (QED) is 0.469. The summed E-state index contributed by atoms with van der Waals surface area (Å²) in [7, 11) is 0. The molecule has 3 heteroatoms. The summed E-state index contributed by atoms with van der Waals surface area (Å²) >= 11 is 0. The van der Waals surface area contributed by atoms with Crippen LogP contribution < -0.4 is 4.90 Å². The van der Waals surface area contributed by atoms with Crippen LogP contribution in [0.5, 0.6) is 0 Å². The minimum Gasteiger partial charge on any atom is -0.332 e. The van der Waals surface area contributed by atoms with Crippen molar-refractivity contribution in [2.24, 2.45) is 0 Å². The largest absolute Gasteiger partial charge is 0.332 e. The van der Waals surface area contributed by atoms with Gasteiger partial charge in [0.15, 0.2) is 0 Å². The highest BCUT2D eigenvalue weighted by molar-refractivity contribution is 5.61. The molecule has 0 atom stereocenters. The summed E-state index contributed by atoms with van der Waals surface area (Å²) in [6.45, 7) is 1.53. The highest BCUT2D eigenvalue weighted by Crippen LogP contribution is 2.20. The molecule has 4 rings (SSSR count). The van der Waals surface area contributed by atoms with Crippen LogP contribution >= 0.6 is 0 Å². The Hall–Kier alpha value is -3.46. The highest BCUT2D eigenvalue weighted by atomic mass is 15.2. The normalized spacial score (nSPS) is 10.5. The first-order valence-corrected chi connectivity index (χ1v) is 9.09. The van der Waals surface area contributed by atoms with E-state index in [9.17, 15) is 0 Å². The van der Waals surface area contributed by atoms with E-state index >= 15 is 0 Å². The number of aromatic nitrogens is 2. The van der Waals surface area contributed by atoms with E-state index in [0.29, 0.717) is 0 Å². The van der Waals surface area contributed by atoms with Crippen molar-refractivity contribution in [1.29, 1.82) is 0 Å². The number of hydrogen-bond acceptors (Lipinski definition) is 3. The summed E-state index contributed by atoms with van der Waals surface area (Å²) in [6.07, 6.45) is 3.81. The fourth-order valence-corrected chi connectivity index (χ4v) is 3.07. The Bertz CT molecular complexity index is 911. The molecular weight excluding hydrogens is 330 g/mol. The summed E-state index contributed by atoms with van der Waals surface area (Å²) in [5.41, 5.74) is 4.63. The molecule has 3 nitrogen and oxygen atoms in total. The molecule has 4 aromatic rings. The maximum absolute atomic E-state index is 4.66. The molecule has 0 aliphatic carbocycles. The van der Waals surface area contributed by atoms with E-state index < -0.39 is 0 Å². The van der Waals surface area contributed by atoms with Crippen molar-refractivity contribution in [3.8, 4) is 11.1 Å². The van der Waals surface area contributed by atoms with Crippen LogP contribution in [0.2, 0.25) is 0 Å². The highest BCUT2D eigenvalue weighted by Gasteiger charge is 2.12. The van der Waals surface area contributed by atoms with Crippen molar-refractivity contribution in [1.82, 2.24) is 9.97 Å². The monoisotopic (exact) mass is 351 g/mol. The van der Waals surface area contributed by atoms with Crippen molar-refractivity contribution in [2.75, 3.05) is 4.90 Å². The van der Waals surface area contributed by atoms with Crippen LogP contribution in [0, 0.1) is 0 Å². The van der Waals surface area contributed by atoms with Crippen LogP contribution in [-0.4, -0.2) is 9.97 Å². The Balaban J connectivity index is 1.61. The van der Waals surface area contributed by atoms with Crippen molar-refractivity contribution < 1.29 is 0 Å². The summed E-state index contributed by atoms with van der Waals surface area (Å²) in [5, 5.41) is 0. The first-order valence-electron chi connectivity index (χ1n) is 9.09. The molecule has 0 saturated heterocycles. The number of rotatable bonds is 6. The van der Waals surface area contributed by atoms with Crippen molar-refractivity contribution in [3.63, 3.8) is 0 Å². The molecule has 0 fully saturated rings. The Morgan fingerprint density at radius 1 is 0.519 bits per heavy atom. The lowest BCUT2D eigenvalue weighted by atomic mass is 10.1. The molecule has 132 valence electrons. The van der Waals surface area contributed by atoms with Gasteiger partial charge in [0, 0.05) is 31.0 Å². The molecule has 27 heavy (non-hydrogen) atoms. The fourth-order valence-electron chi connectivity index (χ4n) is 3.07. The molecule has 0 spiro atoms. The lowest BCUT2D eigenvalue weighted by Gasteiger charge is -2.23. The molecule has 0 aliphatic heterocycles. The predicted molar refractivity (Wildman–Crippen MR) is 110 cm³/mol. The van der Waals surface area contributed by atoms with Gasteiger partial charge in [0.25, 0.3) is 0 Å². The zero-order chi connectivity index (χ0) is 18.3. The van der Waals surface area contributed by atoms with Crippen molar-refractivity contribution in [3.05, 3.63) is 115 Å². The first kappa shape index (κ1) is 17.0. The number of anilines is 1. The number of benzene rings is 3. The minimum atomic E-state index is 0.738. The van der Waals surface area contributed by atoms with Crippen LogP contribution in [0.3, 0.4) is 0 Å². The SMILES string of the molecule is c1ccc(CN(Cc2ccccc2)c2ncc(-c3ccccc3)cn2)cc1. The third-order valence-corrected chi connectivity index (χ3v) is 4.46. The molecule has 0 unspecified atom stereocenters. The van der Waals surface area contributed by atoms with Crippen LogP contribution in [0.25, 0.3) is 11.1 Å². The molecule has 0 N–H and O–H groups in total. The van der Waals surface area contributed by atoms with E-state index in [0.717, 1.165) is 30.2 Å². The van der Waals surface area contributed by atoms with Gasteiger partial charge in [-0.25, -0.2) is 9.97 Å². The second-order valence-electron chi connectivity index (χ2n) is 6.47. The molecule has 0 radical (unpaired) electrons. The van der Waals surface area contributed by atoms with Crippen molar-refractivity contribution >= 4 is 5.95 Å². The lowest BCUT2D eigenvalue weighted by molar-refractivity contribution is 0.763. The summed E-state index contributed by atoms with van der Waals surface area (Å²) in [4.78, 5) is 11.5. The molecule has 3 aromatic carbocycles. The van der Waals surface area contributed by atoms with Gasteiger partial charge in [0.2, 0.25) is 5.95 Å². The van der Waals surface area contributed by atoms with Gasteiger partial charge >= 0.3 is 0 Å². The van der Waals surface area contributed by atoms with Crippen LogP contribution in [0.1, 0.15) is 11.1 Å². The Labute approximate surface area is 160 Å². The van der Waals surface area contributed by atoms with E-state index in [4.69, 9.17) is 0 Å². The van der Waals surface area contributed by atoms with Gasteiger partial charge in [-0.1, -0.05) is 91.0 Å². The molecular formula is C24H21N3. The van der Waals surface area contributed by atoms with Crippen LogP contribution in [0.4, 0.5) is 5.95 Å². The minimum absolute atomic E-state index is 0.738. The van der Waals surface area contributed by atoms with E-state index in [1.807, 2.05) is 42.7 Å². The van der Waals surface area contributed by atoms with Gasteiger partial charge in [-0.15, -0.1) is 0 Å². The summed E-state index contributed by atoms with van der Waals surface area (Å²) < 4.78 is 0. The Morgan fingerprint density at radius 2 is 0.963 bits per heavy atom. The zero-order valence-electron chi connectivity index (χ0n) is 15.1.